The van der Waals surface area contributed by atoms with Crippen LogP contribution in [-0.2, 0) is 9.53 Å². The molecule has 0 amide bonds. The molecule has 0 radical (unpaired) electrons. The summed E-state index contributed by atoms with van der Waals surface area (Å²) in [7, 11) is 3.01. The van der Waals surface area contributed by atoms with Crippen molar-refractivity contribution in [3.8, 4) is 22.8 Å². The maximum atomic E-state index is 13.9. The number of ether oxygens (including phenoxy) is 3. The highest BCUT2D eigenvalue weighted by Gasteiger charge is 2.35. The van der Waals surface area contributed by atoms with Crippen molar-refractivity contribution in [2.45, 2.75) is 19.9 Å². The summed E-state index contributed by atoms with van der Waals surface area (Å²) in [6.07, 6.45) is 1.58. The summed E-state index contributed by atoms with van der Waals surface area (Å²) in [6.45, 7) is 3.55. The Morgan fingerprint density at radius 1 is 1.19 bits per heavy atom. The van der Waals surface area contributed by atoms with E-state index in [4.69, 9.17) is 18.6 Å². The molecule has 0 bridgehead atoms. The number of rotatable bonds is 8. The van der Waals surface area contributed by atoms with E-state index >= 15 is 0 Å². The van der Waals surface area contributed by atoms with Gasteiger partial charge in [-0.05, 0) is 43.7 Å². The van der Waals surface area contributed by atoms with Gasteiger partial charge in [0.2, 0.25) is 0 Å². The standard InChI is InChI=1S/C29H24BrN3O8S/c1-5-40-28(35)25-15(2)31-29-32(26(25)19-13-22(38-3)23(39-4)14-20(19)30)27(34)24(42-29)12-18-9-10-21(41-18)16-7-6-8-17(11-16)33(36)37/h6-14,26H,5H2,1-4H3/b24-12-. The van der Waals surface area contributed by atoms with Crippen molar-refractivity contribution in [1.82, 2.24) is 4.57 Å². The number of allylic oxidation sites excluding steroid dienone is 1. The number of thiazole rings is 1. The average molecular weight is 654 g/mol. The van der Waals surface area contributed by atoms with E-state index in [2.05, 4.69) is 20.9 Å². The molecule has 0 aliphatic carbocycles. The Balaban J connectivity index is 1.67. The van der Waals surface area contributed by atoms with Crippen molar-refractivity contribution in [2.75, 3.05) is 20.8 Å². The van der Waals surface area contributed by atoms with Crippen LogP contribution >= 0.6 is 27.3 Å². The van der Waals surface area contributed by atoms with Crippen molar-refractivity contribution >= 4 is 45.0 Å². The molecule has 1 atom stereocenters. The van der Waals surface area contributed by atoms with E-state index in [0.29, 0.717) is 53.6 Å². The molecular formula is C29H24BrN3O8S. The number of halogens is 1. The minimum atomic E-state index is -0.881. The second-order valence-corrected chi connectivity index (χ2v) is 10.9. The molecule has 13 heteroatoms. The minimum Gasteiger partial charge on any atom is -0.493 e. The van der Waals surface area contributed by atoms with Gasteiger partial charge in [0.1, 0.15) is 11.5 Å². The number of carbonyl (C=O) groups is 1. The van der Waals surface area contributed by atoms with E-state index in [9.17, 15) is 19.7 Å². The Hall–Kier alpha value is -4.49. The highest BCUT2D eigenvalue weighted by Crippen LogP contribution is 2.40. The second-order valence-electron chi connectivity index (χ2n) is 9.04. The van der Waals surface area contributed by atoms with Gasteiger partial charge in [0.25, 0.3) is 11.2 Å². The number of methoxy groups -OCH3 is 2. The predicted molar refractivity (Wildman–Crippen MR) is 158 cm³/mol. The molecule has 0 spiro atoms. The number of carbonyl (C=O) groups excluding carboxylic acids is 1. The van der Waals surface area contributed by atoms with Gasteiger partial charge in [0, 0.05) is 28.2 Å². The third kappa shape index (κ3) is 5.28. The van der Waals surface area contributed by atoms with Crippen LogP contribution in [0.3, 0.4) is 0 Å². The maximum absolute atomic E-state index is 13.9. The van der Waals surface area contributed by atoms with Gasteiger partial charge in [-0.2, -0.15) is 0 Å². The number of nitrogens with zero attached hydrogens (tertiary/aromatic N) is 3. The lowest BCUT2D eigenvalue weighted by Gasteiger charge is -2.26. The van der Waals surface area contributed by atoms with Crippen LogP contribution < -0.4 is 24.4 Å². The molecule has 1 aliphatic heterocycles. The highest BCUT2D eigenvalue weighted by atomic mass is 79.9. The first-order valence-electron chi connectivity index (χ1n) is 12.6. The van der Waals surface area contributed by atoms with Crippen molar-refractivity contribution in [3.05, 3.63) is 105 Å². The third-order valence-electron chi connectivity index (χ3n) is 6.56. The molecule has 0 saturated carbocycles. The maximum Gasteiger partial charge on any atom is 0.338 e. The summed E-state index contributed by atoms with van der Waals surface area (Å²) in [4.78, 5) is 42.8. The van der Waals surface area contributed by atoms with E-state index in [1.165, 1.54) is 30.9 Å². The van der Waals surface area contributed by atoms with Crippen LogP contribution in [0.4, 0.5) is 5.69 Å². The van der Waals surface area contributed by atoms with E-state index in [1.54, 1.807) is 56.3 Å². The van der Waals surface area contributed by atoms with Crippen LogP contribution in [0.5, 0.6) is 11.5 Å². The molecule has 5 rings (SSSR count). The monoisotopic (exact) mass is 653 g/mol. The molecule has 3 heterocycles. The normalized spacial score (nSPS) is 14.8. The first-order chi connectivity index (χ1) is 20.2. The fraction of sp³-hybridized carbons (Fsp3) is 0.207. The Bertz CT molecular complexity index is 1940. The second kappa shape index (κ2) is 11.8. The molecule has 0 N–H and O–H groups in total. The van der Waals surface area contributed by atoms with Crippen LogP contribution in [0.1, 0.15) is 31.2 Å². The predicted octanol–water partition coefficient (Wildman–Crippen LogP) is 4.75. The summed E-state index contributed by atoms with van der Waals surface area (Å²) in [5, 5.41) is 11.2. The summed E-state index contributed by atoms with van der Waals surface area (Å²) >= 11 is 4.72. The van der Waals surface area contributed by atoms with Gasteiger partial charge in [-0.25, -0.2) is 9.79 Å². The van der Waals surface area contributed by atoms with E-state index < -0.39 is 22.5 Å². The molecular weight excluding hydrogens is 630 g/mol. The zero-order valence-electron chi connectivity index (χ0n) is 22.9. The quantitative estimate of drug-likeness (QED) is 0.151. The molecule has 1 unspecified atom stereocenters. The van der Waals surface area contributed by atoms with Crippen molar-refractivity contribution in [1.29, 1.82) is 0 Å². The summed E-state index contributed by atoms with van der Waals surface area (Å²) in [6, 6.07) is 12.0. The molecule has 216 valence electrons. The zero-order valence-corrected chi connectivity index (χ0v) is 25.3. The summed E-state index contributed by atoms with van der Waals surface area (Å²) in [5.74, 6) is 1.07. The molecule has 4 aromatic rings. The van der Waals surface area contributed by atoms with Crippen LogP contribution in [0, 0.1) is 10.1 Å². The lowest BCUT2D eigenvalue weighted by atomic mass is 9.95. The zero-order chi connectivity index (χ0) is 30.1. The van der Waals surface area contributed by atoms with Gasteiger partial charge in [0.15, 0.2) is 16.3 Å². The summed E-state index contributed by atoms with van der Waals surface area (Å²) in [5.41, 5.74) is 1.27. The van der Waals surface area contributed by atoms with Gasteiger partial charge in [-0.3, -0.25) is 19.5 Å². The van der Waals surface area contributed by atoms with Gasteiger partial charge in [-0.1, -0.05) is 39.4 Å². The molecule has 2 aromatic heterocycles. The number of hydrogen-bond donors (Lipinski definition) is 0. The SMILES string of the molecule is CCOC(=O)C1=C(C)N=c2s/c(=C\c3ccc(-c4cccc([N+](=O)[O-])c4)o3)c(=O)n2C1c1cc(OC)c(OC)cc1Br. The Morgan fingerprint density at radius 3 is 2.62 bits per heavy atom. The molecule has 0 saturated heterocycles. The number of benzene rings is 2. The number of nitro benzene ring substituents is 1. The van der Waals surface area contributed by atoms with Gasteiger partial charge < -0.3 is 18.6 Å². The van der Waals surface area contributed by atoms with E-state index in [-0.39, 0.29) is 17.9 Å². The van der Waals surface area contributed by atoms with Gasteiger partial charge in [0.05, 0.1) is 47.6 Å². The molecule has 1 aliphatic rings. The number of esters is 1. The third-order valence-corrected chi connectivity index (χ3v) is 8.23. The van der Waals surface area contributed by atoms with Gasteiger partial charge >= 0.3 is 5.97 Å². The fourth-order valence-electron chi connectivity index (χ4n) is 4.65. The minimum absolute atomic E-state index is 0.0622. The largest absolute Gasteiger partial charge is 0.493 e. The number of fused-ring (bicyclic) bond motifs is 1. The number of nitro groups is 1. The molecule has 42 heavy (non-hydrogen) atoms. The van der Waals surface area contributed by atoms with E-state index in [0.717, 1.165) is 11.3 Å². The fourth-order valence-corrected chi connectivity index (χ4v) is 6.22. The van der Waals surface area contributed by atoms with E-state index in [1.807, 2.05) is 0 Å². The first kappa shape index (κ1) is 29.0. The number of non-ortho nitro benzene ring substituents is 1. The highest BCUT2D eigenvalue weighted by molar-refractivity contribution is 9.10. The lowest BCUT2D eigenvalue weighted by molar-refractivity contribution is -0.384. The molecule has 11 nitrogen and oxygen atoms in total. The van der Waals surface area contributed by atoms with Gasteiger partial charge in [-0.15, -0.1) is 0 Å². The summed E-state index contributed by atoms with van der Waals surface area (Å²) < 4.78 is 24.6. The number of aromatic nitrogens is 1. The van der Waals surface area contributed by atoms with Crippen LogP contribution in [0.25, 0.3) is 17.4 Å². The first-order valence-corrected chi connectivity index (χ1v) is 14.2. The van der Waals surface area contributed by atoms with Crippen LogP contribution in [-0.4, -0.2) is 36.3 Å². The van der Waals surface area contributed by atoms with Crippen LogP contribution in [0.2, 0.25) is 0 Å². The Kier molecular flexibility index (Phi) is 8.14. The average Bonchev–Trinajstić information content (AvgIpc) is 3.56. The Morgan fingerprint density at radius 2 is 1.93 bits per heavy atom. The topological polar surface area (TPSA) is 135 Å². The van der Waals surface area contributed by atoms with Crippen molar-refractivity contribution in [2.24, 2.45) is 4.99 Å². The number of furan rings is 1. The van der Waals surface area contributed by atoms with Crippen molar-refractivity contribution in [3.63, 3.8) is 0 Å². The van der Waals surface area contributed by atoms with Crippen molar-refractivity contribution < 1.29 is 28.3 Å². The lowest BCUT2D eigenvalue weighted by Crippen LogP contribution is -2.40. The Labute approximate surface area is 251 Å². The van der Waals surface area contributed by atoms with Crippen LogP contribution in [0.15, 0.2) is 78.5 Å². The molecule has 2 aromatic carbocycles. The smallest absolute Gasteiger partial charge is 0.338 e. The number of hydrogen-bond acceptors (Lipinski definition) is 10. The molecule has 0 fully saturated rings.